The first-order chi connectivity index (χ1) is 9.42. The smallest absolute Gasteiger partial charge is 0.351 e. The lowest BCUT2D eigenvalue weighted by Crippen LogP contribution is -2.29. The van der Waals surface area contributed by atoms with Crippen LogP contribution in [0.1, 0.15) is 12.6 Å². The molecule has 3 N–H and O–H groups in total. The van der Waals surface area contributed by atoms with Gasteiger partial charge in [0.05, 0.1) is 10.2 Å². The molecule has 1 aliphatic rings. The van der Waals surface area contributed by atoms with Crippen LogP contribution in [0.25, 0.3) is 0 Å². The van der Waals surface area contributed by atoms with Gasteiger partial charge in [0.2, 0.25) is 0 Å². The number of hydrogen-bond acceptors (Lipinski definition) is 8. The van der Waals surface area contributed by atoms with Crippen molar-refractivity contribution in [1.82, 2.24) is 9.55 Å². The van der Waals surface area contributed by atoms with E-state index in [0.717, 1.165) is 0 Å². The van der Waals surface area contributed by atoms with Gasteiger partial charge in [-0.05, 0) is 22.6 Å². The quantitative estimate of drug-likeness (QED) is 0.385. The Bertz CT molecular complexity index is 578. The van der Waals surface area contributed by atoms with Gasteiger partial charge in [-0.15, -0.1) is 10.1 Å². The average Bonchev–Trinajstić information content (AvgIpc) is 2.75. The SMILES string of the molecule is Nc1nc(=O)n([C@H]2C[C@H](O[N+](=O)[O-])[C@@H](CO)O2)cc1I. The number of anilines is 1. The molecule has 0 bridgehead atoms. The van der Waals surface area contributed by atoms with E-state index in [-0.39, 0.29) is 12.2 Å². The molecule has 20 heavy (non-hydrogen) atoms. The summed E-state index contributed by atoms with van der Waals surface area (Å²) in [5, 5.41) is 18.6. The van der Waals surface area contributed by atoms with Gasteiger partial charge in [0.15, 0.2) is 0 Å². The van der Waals surface area contributed by atoms with Crippen molar-refractivity contribution in [3.63, 3.8) is 0 Å². The molecule has 0 spiro atoms. The number of halogens is 1. The Hall–Kier alpha value is -1.47. The van der Waals surface area contributed by atoms with Gasteiger partial charge >= 0.3 is 5.69 Å². The molecule has 0 saturated carbocycles. The van der Waals surface area contributed by atoms with Crippen molar-refractivity contribution in [2.75, 3.05) is 12.3 Å². The number of ether oxygens (including phenoxy) is 1. The lowest BCUT2D eigenvalue weighted by molar-refractivity contribution is -0.769. The van der Waals surface area contributed by atoms with Crippen LogP contribution in [0.2, 0.25) is 0 Å². The molecule has 110 valence electrons. The van der Waals surface area contributed by atoms with Crippen molar-refractivity contribution in [1.29, 1.82) is 0 Å². The fraction of sp³-hybridized carbons (Fsp3) is 0.556. The van der Waals surface area contributed by atoms with E-state index in [9.17, 15) is 14.9 Å². The summed E-state index contributed by atoms with van der Waals surface area (Å²) < 4.78 is 7.10. The Morgan fingerprint density at radius 1 is 1.75 bits per heavy atom. The van der Waals surface area contributed by atoms with Gasteiger partial charge < -0.3 is 20.4 Å². The lowest BCUT2D eigenvalue weighted by atomic mass is 10.2. The van der Waals surface area contributed by atoms with Crippen LogP contribution in [0.5, 0.6) is 0 Å². The molecule has 1 saturated heterocycles. The van der Waals surface area contributed by atoms with E-state index in [1.807, 2.05) is 22.6 Å². The zero-order valence-electron chi connectivity index (χ0n) is 10.0. The fourth-order valence-electron chi connectivity index (χ4n) is 1.92. The summed E-state index contributed by atoms with van der Waals surface area (Å²) in [5.41, 5.74) is 4.88. The molecule has 0 amide bonds. The molecular formula is C9H11IN4O6. The molecule has 1 aromatic rings. The van der Waals surface area contributed by atoms with Crippen LogP contribution in [-0.4, -0.2) is 38.6 Å². The van der Waals surface area contributed by atoms with Crippen molar-refractivity contribution >= 4 is 28.4 Å². The van der Waals surface area contributed by atoms with E-state index >= 15 is 0 Å². The van der Waals surface area contributed by atoms with Crippen molar-refractivity contribution in [3.05, 3.63) is 30.4 Å². The van der Waals surface area contributed by atoms with Crippen molar-refractivity contribution in [2.45, 2.75) is 24.9 Å². The van der Waals surface area contributed by atoms with E-state index in [1.54, 1.807) is 0 Å². The van der Waals surface area contributed by atoms with E-state index in [1.165, 1.54) is 10.8 Å². The highest BCUT2D eigenvalue weighted by Gasteiger charge is 2.39. The fourth-order valence-corrected chi connectivity index (χ4v) is 2.34. The zero-order chi connectivity index (χ0) is 14.9. The number of aliphatic hydroxyl groups excluding tert-OH is 1. The van der Waals surface area contributed by atoms with Crippen molar-refractivity contribution in [3.8, 4) is 0 Å². The van der Waals surface area contributed by atoms with E-state index in [4.69, 9.17) is 15.6 Å². The first kappa shape index (κ1) is 14.9. The van der Waals surface area contributed by atoms with Gasteiger partial charge in [0.1, 0.15) is 24.3 Å². The van der Waals surface area contributed by atoms with Crippen LogP contribution in [0.3, 0.4) is 0 Å². The molecule has 3 atom stereocenters. The second kappa shape index (κ2) is 5.88. The molecule has 1 aromatic heterocycles. The van der Waals surface area contributed by atoms with Crippen LogP contribution < -0.4 is 11.4 Å². The average molecular weight is 398 g/mol. The van der Waals surface area contributed by atoms with Crippen molar-refractivity contribution < 1.29 is 19.8 Å². The molecule has 0 radical (unpaired) electrons. The summed E-state index contributed by atoms with van der Waals surface area (Å²) in [6.07, 6.45) is -1.13. The zero-order valence-corrected chi connectivity index (χ0v) is 12.2. The number of nitrogens with zero attached hydrogens (tertiary/aromatic N) is 3. The standard InChI is InChI=1S/C9H11IN4O6/c10-4-2-13(9(16)12-8(4)11)7-1-5(20-14(17)18)6(3-15)19-7/h2,5-7,15H,1,3H2,(H2,11,12,16)/t5-,6+,7+/m0/s1. The number of nitrogens with two attached hydrogens (primary N) is 1. The highest BCUT2D eigenvalue weighted by Crippen LogP contribution is 2.30. The third-order valence-corrected chi connectivity index (χ3v) is 3.66. The molecule has 0 aromatic carbocycles. The lowest BCUT2D eigenvalue weighted by Gasteiger charge is -2.15. The molecule has 2 heterocycles. The van der Waals surface area contributed by atoms with Crippen LogP contribution >= 0.6 is 22.6 Å². The van der Waals surface area contributed by atoms with Crippen molar-refractivity contribution in [2.24, 2.45) is 0 Å². The molecular weight excluding hydrogens is 387 g/mol. The second-order valence-electron chi connectivity index (χ2n) is 4.08. The van der Waals surface area contributed by atoms with E-state index < -0.39 is 35.8 Å². The Morgan fingerprint density at radius 3 is 3.05 bits per heavy atom. The summed E-state index contributed by atoms with van der Waals surface area (Å²) in [6.45, 7) is -0.455. The summed E-state index contributed by atoms with van der Waals surface area (Å²) in [6, 6.07) is 0. The van der Waals surface area contributed by atoms with Gasteiger partial charge in [-0.1, -0.05) is 0 Å². The normalized spacial score (nSPS) is 25.6. The number of aliphatic hydroxyl groups is 1. The van der Waals surface area contributed by atoms with Crippen LogP contribution in [0, 0.1) is 13.7 Å². The van der Waals surface area contributed by atoms with Gasteiger partial charge in [-0.2, -0.15) is 4.98 Å². The third kappa shape index (κ3) is 2.99. The largest absolute Gasteiger partial charge is 0.394 e. The van der Waals surface area contributed by atoms with Gasteiger partial charge in [0.25, 0.3) is 5.09 Å². The Morgan fingerprint density at radius 2 is 2.45 bits per heavy atom. The minimum absolute atomic E-state index is 0.0494. The highest BCUT2D eigenvalue weighted by atomic mass is 127. The Balaban J connectivity index is 2.25. The van der Waals surface area contributed by atoms with Gasteiger partial charge in [-0.3, -0.25) is 4.57 Å². The molecule has 11 heteroatoms. The summed E-state index contributed by atoms with van der Waals surface area (Å²) in [5.74, 6) is 0.0987. The van der Waals surface area contributed by atoms with E-state index in [2.05, 4.69) is 9.82 Å². The molecule has 1 aliphatic heterocycles. The predicted octanol–water partition coefficient (Wildman–Crippen LogP) is -0.713. The minimum Gasteiger partial charge on any atom is -0.394 e. The number of hydrogen-bond donors (Lipinski definition) is 2. The van der Waals surface area contributed by atoms with E-state index in [0.29, 0.717) is 3.57 Å². The summed E-state index contributed by atoms with van der Waals surface area (Å²) in [4.78, 5) is 30.2. The van der Waals surface area contributed by atoms with Gasteiger partial charge in [0, 0.05) is 12.6 Å². The Kier molecular flexibility index (Phi) is 4.39. The minimum atomic E-state index is -0.952. The Labute approximate surface area is 125 Å². The topological polar surface area (TPSA) is 143 Å². The summed E-state index contributed by atoms with van der Waals surface area (Å²) in [7, 11) is 0. The first-order valence-electron chi connectivity index (χ1n) is 5.54. The first-order valence-corrected chi connectivity index (χ1v) is 6.62. The maximum Gasteiger partial charge on any atom is 0.351 e. The number of aromatic nitrogens is 2. The number of nitrogen functional groups attached to an aromatic ring is 1. The summed E-state index contributed by atoms with van der Waals surface area (Å²) >= 11 is 1.90. The third-order valence-electron chi connectivity index (χ3n) is 2.83. The second-order valence-corrected chi connectivity index (χ2v) is 5.24. The molecule has 10 nitrogen and oxygen atoms in total. The maximum atomic E-state index is 11.8. The van der Waals surface area contributed by atoms with Crippen LogP contribution in [-0.2, 0) is 9.57 Å². The van der Waals surface area contributed by atoms with Crippen LogP contribution in [0.4, 0.5) is 5.82 Å². The predicted molar refractivity (Wildman–Crippen MR) is 73.1 cm³/mol. The molecule has 2 rings (SSSR count). The molecule has 1 fully saturated rings. The molecule has 0 unspecified atom stereocenters. The van der Waals surface area contributed by atoms with Gasteiger partial charge in [-0.25, -0.2) is 4.79 Å². The highest BCUT2D eigenvalue weighted by molar-refractivity contribution is 14.1. The van der Waals surface area contributed by atoms with Crippen LogP contribution in [0.15, 0.2) is 11.0 Å². The number of rotatable bonds is 4. The monoisotopic (exact) mass is 398 g/mol. The molecule has 0 aliphatic carbocycles. The maximum absolute atomic E-state index is 11.8.